The molecule has 0 N–H and O–H groups in total. The van der Waals surface area contributed by atoms with Gasteiger partial charge in [-0.25, -0.2) is 0 Å². The molecule has 5 aromatic carbocycles. The van der Waals surface area contributed by atoms with Crippen molar-refractivity contribution >= 4 is 51.6 Å². The van der Waals surface area contributed by atoms with Crippen LogP contribution in [0, 0.1) is 0 Å². The second-order valence-electron chi connectivity index (χ2n) is 10.6. The van der Waals surface area contributed by atoms with Crippen molar-refractivity contribution in [1.82, 2.24) is 0 Å². The van der Waals surface area contributed by atoms with Crippen LogP contribution in [-0.2, 0) is 6.42 Å². The average molecular weight is 572 g/mol. The van der Waals surface area contributed by atoms with E-state index < -0.39 is 14.5 Å². The SMILES string of the molecule is C[Si](C)(C)[C@@H](Cc1ccccc1)[P+]1([Se-])Oc2ccc3ccccc3c2-c2c(ccc3ccccc23)O1. The summed E-state index contributed by atoms with van der Waals surface area (Å²) in [6, 6.07) is 36.6. The van der Waals surface area contributed by atoms with E-state index in [9.17, 15) is 0 Å². The van der Waals surface area contributed by atoms with Crippen molar-refractivity contribution in [1.29, 1.82) is 0 Å². The Bertz CT molecular complexity index is 1490. The summed E-state index contributed by atoms with van der Waals surface area (Å²) >= 11 is 3.54. The first-order valence-electron chi connectivity index (χ1n) is 12.4. The molecule has 0 radical (unpaired) electrons. The van der Waals surface area contributed by atoms with Crippen LogP contribution in [0.5, 0.6) is 11.5 Å². The van der Waals surface area contributed by atoms with E-state index in [0.717, 1.165) is 29.0 Å². The fourth-order valence-corrected chi connectivity index (χ4v) is 19.3. The first-order chi connectivity index (χ1) is 17.3. The fourth-order valence-electron chi connectivity index (χ4n) is 5.32. The van der Waals surface area contributed by atoms with Gasteiger partial charge in [-0.2, -0.15) is 0 Å². The van der Waals surface area contributed by atoms with Crippen molar-refractivity contribution in [3.8, 4) is 22.6 Å². The van der Waals surface area contributed by atoms with Crippen LogP contribution in [0.15, 0.2) is 103 Å². The van der Waals surface area contributed by atoms with E-state index in [1.54, 1.807) is 0 Å². The summed E-state index contributed by atoms with van der Waals surface area (Å²) in [7, 11) is -1.73. The summed E-state index contributed by atoms with van der Waals surface area (Å²) in [6.07, 6.45) is -1.55. The Hall–Kier alpha value is -2.61. The normalized spacial score (nSPS) is 15.3. The van der Waals surface area contributed by atoms with Gasteiger partial charge in [0, 0.05) is 0 Å². The van der Waals surface area contributed by atoms with Gasteiger partial charge in [0.15, 0.2) is 0 Å². The Morgan fingerprint density at radius 1 is 0.639 bits per heavy atom. The van der Waals surface area contributed by atoms with Crippen LogP contribution in [0.2, 0.25) is 19.6 Å². The zero-order valence-corrected chi connectivity index (χ0v) is 24.4. The Morgan fingerprint density at radius 2 is 1.11 bits per heavy atom. The number of hydrogen-bond acceptors (Lipinski definition) is 2. The molecule has 180 valence electrons. The Morgan fingerprint density at radius 3 is 1.61 bits per heavy atom. The van der Waals surface area contributed by atoms with E-state index >= 15 is 0 Å². The van der Waals surface area contributed by atoms with Crippen LogP contribution in [0.3, 0.4) is 0 Å². The van der Waals surface area contributed by atoms with Gasteiger partial charge in [0.2, 0.25) is 0 Å². The van der Waals surface area contributed by atoms with E-state index in [4.69, 9.17) is 9.05 Å². The second-order valence-corrected chi connectivity index (χ2v) is 21.8. The van der Waals surface area contributed by atoms with Gasteiger partial charge in [-0.3, -0.25) is 0 Å². The molecule has 0 aromatic heterocycles. The van der Waals surface area contributed by atoms with Gasteiger partial charge < -0.3 is 0 Å². The third kappa shape index (κ3) is 4.17. The van der Waals surface area contributed by atoms with Gasteiger partial charge in [0.1, 0.15) is 0 Å². The second kappa shape index (κ2) is 9.05. The fraction of sp³-hybridized carbons (Fsp3) is 0.161. The number of fused-ring (bicyclic) bond motifs is 7. The molecule has 5 aromatic rings. The molecule has 36 heavy (non-hydrogen) atoms. The van der Waals surface area contributed by atoms with Crippen molar-refractivity contribution in [2.75, 3.05) is 0 Å². The molecule has 0 fully saturated rings. The molecule has 0 spiro atoms. The summed E-state index contributed by atoms with van der Waals surface area (Å²) in [5.41, 5.74) is 3.59. The predicted octanol–water partition coefficient (Wildman–Crippen LogP) is 8.85. The zero-order valence-electron chi connectivity index (χ0n) is 20.8. The van der Waals surface area contributed by atoms with Gasteiger partial charge in [0.05, 0.1) is 0 Å². The third-order valence-corrected chi connectivity index (χ3v) is 18.3. The topological polar surface area (TPSA) is 18.5 Å². The average Bonchev–Trinajstić information content (AvgIpc) is 3.01. The van der Waals surface area contributed by atoms with Gasteiger partial charge >= 0.3 is 223 Å². The van der Waals surface area contributed by atoms with E-state index in [-0.39, 0.29) is 5.28 Å². The summed E-state index contributed by atoms with van der Waals surface area (Å²) in [6.45, 7) is 7.29. The van der Waals surface area contributed by atoms with Crippen molar-refractivity contribution in [3.05, 3.63) is 109 Å². The van der Waals surface area contributed by atoms with E-state index in [1.807, 2.05) is 0 Å². The molecule has 1 aliphatic heterocycles. The van der Waals surface area contributed by atoms with E-state index in [1.165, 1.54) is 27.1 Å². The van der Waals surface area contributed by atoms with Crippen LogP contribution in [0.25, 0.3) is 32.7 Å². The molecular formula is C31H29O2PSeSi. The Kier molecular flexibility index (Phi) is 5.97. The molecule has 0 saturated carbocycles. The minimum absolute atomic E-state index is 0.282. The maximum absolute atomic E-state index is 7.11. The molecule has 0 aliphatic carbocycles. The minimum atomic E-state index is -2.49. The first-order valence-corrected chi connectivity index (χ1v) is 19.9. The number of benzene rings is 5. The van der Waals surface area contributed by atoms with Gasteiger partial charge in [-0.05, 0) is 0 Å². The molecule has 6 rings (SSSR count). The predicted molar refractivity (Wildman–Crippen MR) is 158 cm³/mol. The molecule has 1 atom stereocenters. The monoisotopic (exact) mass is 572 g/mol. The van der Waals surface area contributed by atoms with Crippen molar-refractivity contribution in [2.45, 2.75) is 31.3 Å². The molecule has 5 heteroatoms. The summed E-state index contributed by atoms with van der Waals surface area (Å²) < 4.78 is 14.2. The molecule has 2 nitrogen and oxygen atoms in total. The standard InChI is InChI=1S/C31H29O2PSeSi/c1-36(2,3)29(21-22-11-5-4-6-12-22)34(35)32-27-19-17-23-13-7-9-15-25(23)30(27)31-26-16-10-8-14-24(26)18-20-28(31)33-34/h4-20,29H,21H2,1-3H3/t29-/m0/s1. The third-order valence-electron chi connectivity index (χ3n) is 7.14. The molecule has 0 saturated heterocycles. The quantitative estimate of drug-likeness (QED) is 0.159. The van der Waals surface area contributed by atoms with Gasteiger partial charge in [-0.1, -0.05) is 0 Å². The van der Waals surface area contributed by atoms with Crippen LogP contribution >= 0.6 is 6.41 Å². The van der Waals surface area contributed by atoms with E-state index in [0.29, 0.717) is 0 Å². The summed E-state index contributed by atoms with van der Waals surface area (Å²) in [5, 5.41) is 5.07. The van der Waals surface area contributed by atoms with Crippen molar-refractivity contribution in [2.24, 2.45) is 0 Å². The summed E-state index contributed by atoms with van der Waals surface area (Å²) in [4.78, 5) is 0. The zero-order chi connectivity index (χ0) is 24.9. The summed E-state index contributed by atoms with van der Waals surface area (Å²) in [5.74, 6) is 1.82. The van der Waals surface area contributed by atoms with E-state index in [2.05, 4.69) is 138 Å². The van der Waals surface area contributed by atoms with Crippen LogP contribution in [-0.4, -0.2) is 28.9 Å². The molecule has 1 heterocycles. The number of rotatable bonds is 4. The Balaban J connectivity index is 1.62. The van der Waals surface area contributed by atoms with Gasteiger partial charge in [0.25, 0.3) is 0 Å². The van der Waals surface area contributed by atoms with Crippen LogP contribution < -0.4 is 9.05 Å². The molecule has 1 aliphatic rings. The van der Waals surface area contributed by atoms with Crippen molar-refractivity contribution < 1.29 is 9.05 Å². The molecular weight excluding hydrogens is 542 g/mol. The molecule has 0 unspecified atom stereocenters. The van der Waals surface area contributed by atoms with Crippen LogP contribution in [0.4, 0.5) is 0 Å². The van der Waals surface area contributed by atoms with Gasteiger partial charge in [-0.15, -0.1) is 0 Å². The molecule has 0 bridgehead atoms. The Labute approximate surface area is 222 Å². The van der Waals surface area contributed by atoms with Crippen molar-refractivity contribution in [3.63, 3.8) is 0 Å². The molecule has 0 amide bonds. The number of hydrogen-bond donors (Lipinski definition) is 0. The first kappa shape index (κ1) is 23.8. The van der Waals surface area contributed by atoms with Crippen LogP contribution in [0.1, 0.15) is 5.56 Å². The maximum atomic E-state index is 7.11.